The van der Waals surface area contributed by atoms with Gasteiger partial charge in [-0.15, -0.1) is 0 Å². The molecule has 22 heavy (non-hydrogen) atoms. The molecular formula is C19H30FNSn. The zero-order chi connectivity index (χ0) is 16.4. The number of nitrogens with zero attached hydrogens (tertiary/aromatic N) is 1. The number of rotatable bonds is 10. The van der Waals surface area contributed by atoms with Gasteiger partial charge in [-0.2, -0.15) is 0 Å². The Hall–Kier alpha value is -0.561. The van der Waals surface area contributed by atoms with Crippen molar-refractivity contribution in [2.24, 2.45) is 0 Å². The van der Waals surface area contributed by atoms with Crippen LogP contribution in [0.15, 0.2) is 18.2 Å². The molecule has 122 valence electrons. The molecule has 0 fully saturated rings. The number of hydrogen-bond donors (Lipinski definition) is 0. The zero-order valence-corrected chi connectivity index (χ0v) is 17.3. The predicted molar refractivity (Wildman–Crippen MR) is 95.6 cm³/mol. The molecule has 3 heteroatoms. The summed E-state index contributed by atoms with van der Waals surface area (Å²) >= 11 is -2.70. The maximum absolute atomic E-state index is 13.9. The van der Waals surface area contributed by atoms with E-state index in [2.05, 4.69) is 26.8 Å². The molecule has 0 aliphatic rings. The van der Waals surface area contributed by atoms with E-state index >= 15 is 0 Å². The van der Waals surface area contributed by atoms with Crippen LogP contribution in [0.4, 0.5) is 4.39 Å². The van der Waals surface area contributed by atoms with Crippen LogP contribution in [0.25, 0.3) is 0 Å². The zero-order valence-electron chi connectivity index (χ0n) is 14.4. The molecule has 0 bridgehead atoms. The average molecular weight is 410 g/mol. The van der Waals surface area contributed by atoms with Gasteiger partial charge in [-0.25, -0.2) is 0 Å². The second-order valence-electron chi connectivity index (χ2n) is 6.39. The van der Waals surface area contributed by atoms with Gasteiger partial charge in [-0.1, -0.05) is 0 Å². The van der Waals surface area contributed by atoms with Gasteiger partial charge >= 0.3 is 140 Å². The van der Waals surface area contributed by atoms with Gasteiger partial charge in [0, 0.05) is 0 Å². The minimum absolute atomic E-state index is 0.167. The molecule has 0 heterocycles. The van der Waals surface area contributed by atoms with Crippen LogP contribution < -0.4 is 3.58 Å². The normalized spacial score (nSPS) is 11.4. The molecular weight excluding hydrogens is 380 g/mol. The standard InChI is InChI=1S/C7H3FN.3C4H9.Sn/c8-7-3-1-6(5-9)2-4-7;3*1-3-4-2;/h1,3-4H;3*1,3-4H2,2H3;. The summed E-state index contributed by atoms with van der Waals surface area (Å²) < 4.78 is 18.9. The summed E-state index contributed by atoms with van der Waals surface area (Å²) in [5.74, 6) is -0.167. The SMILES string of the molecule is CCC[CH2][Sn]([CH2]CCC)([CH2]CCC)[c]1cc(F)ccc1C#N. The summed E-state index contributed by atoms with van der Waals surface area (Å²) in [6, 6.07) is 7.21. The molecule has 0 N–H and O–H groups in total. The molecule has 0 amide bonds. The van der Waals surface area contributed by atoms with E-state index in [9.17, 15) is 9.65 Å². The average Bonchev–Trinajstić information content (AvgIpc) is 2.54. The van der Waals surface area contributed by atoms with Crippen LogP contribution in [0.2, 0.25) is 13.3 Å². The van der Waals surface area contributed by atoms with Crippen LogP contribution in [-0.2, 0) is 0 Å². The summed E-state index contributed by atoms with van der Waals surface area (Å²) in [4.78, 5) is 0. The Morgan fingerprint density at radius 2 is 1.45 bits per heavy atom. The fourth-order valence-electron chi connectivity index (χ4n) is 3.38. The van der Waals surface area contributed by atoms with Gasteiger partial charge in [0.25, 0.3) is 0 Å². The molecule has 0 aliphatic heterocycles. The van der Waals surface area contributed by atoms with Crippen molar-refractivity contribution in [3.63, 3.8) is 0 Å². The Morgan fingerprint density at radius 3 is 1.86 bits per heavy atom. The fourth-order valence-corrected chi connectivity index (χ4v) is 19.9. The van der Waals surface area contributed by atoms with E-state index in [4.69, 9.17) is 0 Å². The summed E-state index contributed by atoms with van der Waals surface area (Å²) in [5, 5.41) is 9.51. The summed E-state index contributed by atoms with van der Waals surface area (Å²) in [6.07, 6.45) is 7.25. The molecule has 0 unspecified atom stereocenters. The van der Waals surface area contributed by atoms with E-state index in [1.54, 1.807) is 12.1 Å². The first kappa shape index (κ1) is 19.5. The van der Waals surface area contributed by atoms with Crippen molar-refractivity contribution in [2.75, 3.05) is 0 Å². The van der Waals surface area contributed by atoms with Gasteiger partial charge in [0.2, 0.25) is 0 Å². The van der Waals surface area contributed by atoms with Crippen LogP contribution in [0.3, 0.4) is 0 Å². The van der Waals surface area contributed by atoms with Crippen LogP contribution in [0.5, 0.6) is 0 Å². The molecule has 0 spiro atoms. The third-order valence-corrected chi connectivity index (χ3v) is 20.4. The Kier molecular flexibility index (Phi) is 9.09. The second-order valence-corrected chi connectivity index (χ2v) is 19.5. The number of unbranched alkanes of at least 4 members (excludes halogenated alkanes) is 3. The van der Waals surface area contributed by atoms with Crippen LogP contribution in [-0.4, -0.2) is 18.4 Å². The van der Waals surface area contributed by atoms with E-state index in [1.165, 1.54) is 57.9 Å². The van der Waals surface area contributed by atoms with Crippen molar-refractivity contribution in [3.8, 4) is 6.07 Å². The fraction of sp³-hybridized carbons (Fsp3) is 0.632. The van der Waals surface area contributed by atoms with E-state index in [0.717, 1.165) is 9.14 Å². The third kappa shape index (κ3) is 5.26. The third-order valence-electron chi connectivity index (χ3n) is 4.70. The van der Waals surface area contributed by atoms with Gasteiger partial charge in [0.15, 0.2) is 0 Å². The van der Waals surface area contributed by atoms with E-state index in [-0.39, 0.29) is 5.82 Å². The first-order chi connectivity index (χ1) is 10.6. The molecule has 1 nitrogen and oxygen atoms in total. The Labute approximate surface area is 139 Å². The van der Waals surface area contributed by atoms with Crippen molar-refractivity contribution in [2.45, 2.75) is 72.6 Å². The number of nitriles is 1. The molecule has 0 saturated heterocycles. The Bertz CT molecular complexity index is 471. The van der Waals surface area contributed by atoms with Gasteiger partial charge in [-0.3, -0.25) is 0 Å². The first-order valence-corrected chi connectivity index (χ1v) is 16.3. The van der Waals surface area contributed by atoms with Crippen molar-refractivity contribution in [3.05, 3.63) is 29.6 Å². The van der Waals surface area contributed by atoms with Crippen LogP contribution >= 0.6 is 0 Å². The Balaban J connectivity index is 3.30. The molecule has 0 aliphatic carbocycles. The van der Waals surface area contributed by atoms with Crippen LogP contribution in [0, 0.1) is 17.1 Å². The van der Waals surface area contributed by atoms with E-state index in [1.807, 2.05) is 0 Å². The van der Waals surface area contributed by atoms with Crippen LogP contribution in [0.1, 0.15) is 64.9 Å². The monoisotopic (exact) mass is 411 g/mol. The van der Waals surface area contributed by atoms with Gasteiger partial charge < -0.3 is 0 Å². The summed E-state index contributed by atoms with van der Waals surface area (Å²) in [5.41, 5.74) is 0.750. The van der Waals surface area contributed by atoms with E-state index in [0.29, 0.717) is 0 Å². The summed E-state index contributed by atoms with van der Waals surface area (Å²) in [6.45, 7) is 6.69. The van der Waals surface area contributed by atoms with Gasteiger partial charge in [0.1, 0.15) is 0 Å². The quantitative estimate of drug-likeness (QED) is 0.451. The van der Waals surface area contributed by atoms with Gasteiger partial charge in [0.05, 0.1) is 0 Å². The Morgan fingerprint density at radius 1 is 0.955 bits per heavy atom. The maximum atomic E-state index is 13.9. The molecule has 1 aromatic rings. The number of halogens is 1. The van der Waals surface area contributed by atoms with Crippen molar-refractivity contribution in [1.82, 2.24) is 0 Å². The first-order valence-electron chi connectivity index (χ1n) is 8.83. The van der Waals surface area contributed by atoms with Crippen molar-refractivity contribution < 1.29 is 4.39 Å². The molecule has 0 atom stereocenters. The van der Waals surface area contributed by atoms with Crippen molar-refractivity contribution in [1.29, 1.82) is 5.26 Å². The summed E-state index contributed by atoms with van der Waals surface area (Å²) in [7, 11) is 0. The van der Waals surface area contributed by atoms with E-state index < -0.39 is 18.4 Å². The van der Waals surface area contributed by atoms with Crippen molar-refractivity contribution >= 4 is 22.0 Å². The number of benzene rings is 1. The minimum atomic E-state index is -2.70. The molecule has 0 aromatic heterocycles. The number of hydrogen-bond acceptors (Lipinski definition) is 1. The molecule has 1 aromatic carbocycles. The molecule has 0 saturated carbocycles. The second kappa shape index (κ2) is 10.3. The topological polar surface area (TPSA) is 23.8 Å². The van der Waals surface area contributed by atoms with Gasteiger partial charge in [-0.05, 0) is 0 Å². The predicted octanol–water partition coefficient (Wildman–Crippen LogP) is 5.75. The molecule has 0 radical (unpaired) electrons. The molecule has 1 rings (SSSR count).